The van der Waals surface area contributed by atoms with Crippen LogP contribution in [0.2, 0.25) is 0 Å². The second-order valence-corrected chi connectivity index (χ2v) is 4.70. The van der Waals surface area contributed by atoms with Gasteiger partial charge in [-0.05, 0) is 45.3 Å². The molecule has 1 fully saturated rings. The molecule has 2 nitrogen and oxygen atoms in total. The van der Waals surface area contributed by atoms with Crippen molar-refractivity contribution in [2.75, 3.05) is 19.6 Å². The van der Waals surface area contributed by atoms with E-state index in [2.05, 4.69) is 31.0 Å². The van der Waals surface area contributed by atoms with E-state index in [1.165, 1.54) is 45.2 Å². The molecule has 2 heteroatoms. The number of likely N-dealkylation sites (N-methyl/N-ethyl adjacent to an activating group) is 1. The Balaban J connectivity index is 2.48. The van der Waals surface area contributed by atoms with Crippen molar-refractivity contribution in [3.63, 3.8) is 0 Å². The molecule has 0 aromatic heterocycles. The summed E-state index contributed by atoms with van der Waals surface area (Å²) in [6, 6.07) is 1.57. The van der Waals surface area contributed by atoms with Crippen LogP contribution in [0.5, 0.6) is 0 Å². The first-order valence-corrected chi connectivity index (χ1v) is 6.80. The van der Waals surface area contributed by atoms with Crippen LogP contribution in [-0.4, -0.2) is 36.6 Å². The first kappa shape index (κ1) is 13.0. The maximum Gasteiger partial charge on any atom is 0.0249 e. The molecule has 15 heavy (non-hydrogen) atoms. The quantitative estimate of drug-likeness (QED) is 0.698. The molecule has 0 radical (unpaired) electrons. The summed E-state index contributed by atoms with van der Waals surface area (Å²) in [6.07, 6.45) is 6.76. The molecule has 0 aromatic carbocycles. The first-order valence-electron chi connectivity index (χ1n) is 6.80. The second kappa shape index (κ2) is 7.24. The Kier molecular flexibility index (Phi) is 6.26. The molecule has 2 unspecified atom stereocenters. The average molecular weight is 212 g/mol. The van der Waals surface area contributed by atoms with Crippen LogP contribution in [0, 0.1) is 0 Å². The van der Waals surface area contributed by atoms with E-state index in [1.807, 2.05) is 0 Å². The van der Waals surface area contributed by atoms with Gasteiger partial charge in [0, 0.05) is 12.1 Å². The third-order valence-corrected chi connectivity index (χ3v) is 3.44. The summed E-state index contributed by atoms with van der Waals surface area (Å²) >= 11 is 0. The van der Waals surface area contributed by atoms with E-state index in [4.69, 9.17) is 0 Å². The van der Waals surface area contributed by atoms with Gasteiger partial charge in [0.1, 0.15) is 0 Å². The molecule has 1 aliphatic rings. The van der Waals surface area contributed by atoms with Crippen LogP contribution in [0.1, 0.15) is 52.9 Å². The molecule has 1 aliphatic carbocycles. The minimum absolute atomic E-state index is 0.758. The van der Waals surface area contributed by atoms with Gasteiger partial charge in [-0.3, -0.25) is 4.90 Å². The molecule has 90 valence electrons. The lowest BCUT2D eigenvalue weighted by Gasteiger charge is -2.33. The number of nitrogens with zero attached hydrogens (tertiary/aromatic N) is 1. The Morgan fingerprint density at radius 3 is 2.27 bits per heavy atom. The van der Waals surface area contributed by atoms with Gasteiger partial charge in [-0.25, -0.2) is 0 Å². The van der Waals surface area contributed by atoms with E-state index in [0.29, 0.717) is 0 Å². The Bertz CT molecular complexity index is 153. The number of hydrogen-bond acceptors (Lipinski definition) is 2. The van der Waals surface area contributed by atoms with Gasteiger partial charge in [-0.2, -0.15) is 0 Å². The highest BCUT2D eigenvalue weighted by atomic mass is 15.2. The van der Waals surface area contributed by atoms with Gasteiger partial charge in [-0.15, -0.1) is 0 Å². The first-order chi connectivity index (χ1) is 7.33. The zero-order valence-corrected chi connectivity index (χ0v) is 10.8. The fraction of sp³-hybridized carbons (Fsp3) is 1.00. The summed E-state index contributed by atoms with van der Waals surface area (Å²) in [5.41, 5.74) is 0. The lowest BCUT2D eigenvalue weighted by atomic mass is 10.1. The third kappa shape index (κ3) is 3.76. The fourth-order valence-electron chi connectivity index (χ4n) is 2.90. The fourth-order valence-corrected chi connectivity index (χ4v) is 2.90. The Hall–Kier alpha value is -0.0800. The highest BCUT2D eigenvalue weighted by Crippen LogP contribution is 2.24. The van der Waals surface area contributed by atoms with Crippen LogP contribution < -0.4 is 5.32 Å². The van der Waals surface area contributed by atoms with Gasteiger partial charge in [0.2, 0.25) is 0 Å². The molecular weight excluding hydrogens is 184 g/mol. The van der Waals surface area contributed by atoms with Crippen molar-refractivity contribution < 1.29 is 0 Å². The minimum atomic E-state index is 0.758. The van der Waals surface area contributed by atoms with Crippen molar-refractivity contribution in [3.8, 4) is 0 Å². The van der Waals surface area contributed by atoms with Gasteiger partial charge in [-0.1, -0.05) is 27.2 Å². The van der Waals surface area contributed by atoms with E-state index in [0.717, 1.165) is 18.6 Å². The predicted octanol–water partition coefficient (Wildman–Crippen LogP) is 2.64. The molecule has 0 bridgehead atoms. The molecule has 0 aliphatic heterocycles. The van der Waals surface area contributed by atoms with Crippen molar-refractivity contribution in [2.45, 2.75) is 65.0 Å². The summed E-state index contributed by atoms with van der Waals surface area (Å²) in [4.78, 5) is 2.71. The number of nitrogens with one attached hydrogen (secondary N) is 1. The zero-order chi connectivity index (χ0) is 11.1. The molecule has 0 amide bonds. The Morgan fingerprint density at radius 1 is 1.07 bits per heavy atom. The van der Waals surface area contributed by atoms with Crippen molar-refractivity contribution >= 4 is 0 Å². The van der Waals surface area contributed by atoms with Gasteiger partial charge >= 0.3 is 0 Å². The molecule has 0 heterocycles. The summed E-state index contributed by atoms with van der Waals surface area (Å²) < 4.78 is 0. The summed E-state index contributed by atoms with van der Waals surface area (Å²) in [5.74, 6) is 0. The molecule has 0 aromatic rings. The largest absolute Gasteiger partial charge is 0.313 e. The number of hydrogen-bond donors (Lipinski definition) is 1. The monoisotopic (exact) mass is 212 g/mol. The van der Waals surface area contributed by atoms with Crippen LogP contribution in [0.3, 0.4) is 0 Å². The van der Waals surface area contributed by atoms with Crippen molar-refractivity contribution in [2.24, 2.45) is 0 Å². The highest BCUT2D eigenvalue weighted by molar-refractivity contribution is 4.89. The average Bonchev–Trinajstić information content (AvgIpc) is 2.66. The van der Waals surface area contributed by atoms with Crippen LogP contribution in [-0.2, 0) is 0 Å². The lowest BCUT2D eigenvalue weighted by molar-refractivity contribution is 0.173. The van der Waals surface area contributed by atoms with Crippen molar-refractivity contribution in [1.82, 2.24) is 10.2 Å². The third-order valence-electron chi connectivity index (χ3n) is 3.44. The van der Waals surface area contributed by atoms with E-state index >= 15 is 0 Å². The predicted molar refractivity (Wildman–Crippen MR) is 67.3 cm³/mol. The van der Waals surface area contributed by atoms with Crippen molar-refractivity contribution in [1.29, 1.82) is 0 Å². The lowest BCUT2D eigenvalue weighted by Crippen LogP contribution is -2.47. The summed E-state index contributed by atoms with van der Waals surface area (Å²) in [7, 11) is 0. The molecule has 0 saturated heterocycles. The van der Waals surface area contributed by atoms with E-state index in [-0.39, 0.29) is 0 Å². The summed E-state index contributed by atoms with van der Waals surface area (Å²) in [5, 5.41) is 3.65. The molecule has 2 atom stereocenters. The van der Waals surface area contributed by atoms with E-state index < -0.39 is 0 Å². The SMILES string of the molecule is CCCN(CCC)C1CCCC1NCC. The number of rotatable bonds is 7. The maximum atomic E-state index is 3.65. The van der Waals surface area contributed by atoms with Gasteiger partial charge in [0.25, 0.3) is 0 Å². The van der Waals surface area contributed by atoms with E-state index in [1.54, 1.807) is 0 Å². The highest BCUT2D eigenvalue weighted by Gasteiger charge is 2.30. The molecular formula is C13H28N2. The molecule has 0 spiro atoms. The van der Waals surface area contributed by atoms with Crippen LogP contribution in [0.25, 0.3) is 0 Å². The van der Waals surface area contributed by atoms with E-state index in [9.17, 15) is 0 Å². The smallest absolute Gasteiger partial charge is 0.0249 e. The Morgan fingerprint density at radius 2 is 1.73 bits per heavy atom. The standard InChI is InChI=1S/C13H28N2/c1-4-10-15(11-5-2)13-9-7-8-12(13)14-6-3/h12-14H,4-11H2,1-3H3. The normalized spacial score (nSPS) is 26.4. The minimum Gasteiger partial charge on any atom is -0.313 e. The zero-order valence-electron chi connectivity index (χ0n) is 10.8. The van der Waals surface area contributed by atoms with Crippen LogP contribution in [0.15, 0.2) is 0 Å². The van der Waals surface area contributed by atoms with Crippen LogP contribution in [0.4, 0.5) is 0 Å². The molecule has 1 N–H and O–H groups in total. The second-order valence-electron chi connectivity index (χ2n) is 4.70. The van der Waals surface area contributed by atoms with Gasteiger partial charge in [0.15, 0.2) is 0 Å². The van der Waals surface area contributed by atoms with Gasteiger partial charge < -0.3 is 5.32 Å². The Labute approximate surface area is 95.4 Å². The van der Waals surface area contributed by atoms with Crippen LogP contribution >= 0.6 is 0 Å². The van der Waals surface area contributed by atoms with Gasteiger partial charge in [0.05, 0.1) is 0 Å². The molecule has 1 rings (SSSR count). The summed E-state index contributed by atoms with van der Waals surface area (Å²) in [6.45, 7) is 10.5. The van der Waals surface area contributed by atoms with Crippen molar-refractivity contribution in [3.05, 3.63) is 0 Å². The maximum absolute atomic E-state index is 3.65. The topological polar surface area (TPSA) is 15.3 Å². The molecule has 1 saturated carbocycles.